The molecule has 7 atom stereocenters. The molecule has 4 aliphatic rings. The molecule has 2 aromatic heterocycles. The molecule has 6 rings (SSSR count). The highest BCUT2D eigenvalue weighted by Crippen LogP contribution is 2.67. The van der Waals surface area contributed by atoms with E-state index in [0.717, 1.165) is 37.2 Å². The highest BCUT2D eigenvalue weighted by molar-refractivity contribution is 7.96. The molecule has 6 nitrogen and oxygen atoms in total. The molecular formula is C26H31N3O3S. The van der Waals surface area contributed by atoms with E-state index in [1.807, 2.05) is 36.0 Å². The molecule has 2 aromatic rings. The molecule has 2 heterocycles. The second-order valence-electron chi connectivity index (χ2n) is 11.1. The topological polar surface area (TPSA) is 88.2 Å². The molecule has 0 saturated heterocycles. The second kappa shape index (κ2) is 7.03. The number of carbonyl (C=O) groups excluding carboxylic acids is 1. The van der Waals surface area contributed by atoms with Crippen LogP contribution in [0.1, 0.15) is 57.2 Å². The van der Waals surface area contributed by atoms with E-state index in [0.29, 0.717) is 12.8 Å². The molecule has 4 aliphatic carbocycles. The van der Waals surface area contributed by atoms with Crippen LogP contribution >= 0.6 is 12.6 Å². The van der Waals surface area contributed by atoms with Crippen molar-refractivity contribution in [1.29, 1.82) is 0 Å². The van der Waals surface area contributed by atoms with Crippen molar-refractivity contribution >= 4 is 23.8 Å². The molecule has 0 aliphatic heterocycles. The minimum Gasteiger partial charge on any atom is -0.393 e. The summed E-state index contributed by atoms with van der Waals surface area (Å²) < 4.78 is 1.91. The zero-order valence-corrected chi connectivity index (χ0v) is 20.0. The van der Waals surface area contributed by atoms with Crippen LogP contribution < -0.4 is 0 Å². The van der Waals surface area contributed by atoms with E-state index in [1.165, 1.54) is 11.1 Å². The summed E-state index contributed by atoms with van der Waals surface area (Å²) in [5.41, 5.74) is 1.39. The molecule has 0 amide bonds. The molecule has 0 unspecified atom stereocenters. The Bertz CT molecular complexity index is 1160. The predicted octanol–water partition coefficient (Wildman–Crippen LogP) is 3.61. The number of aromatic nitrogens is 3. The van der Waals surface area contributed by atoms with Gasteiger partial charge in [-0.3, -0.25) is 4.79 Å². The van der Waals surface area contributed by atoms with E-state index in [1.54, 1.807) is 6.20 Å². The lowest BCUT2D eigenvalue weighted by molar-refractivity contribution is -0.173. The molecular weight excluding hydrogens is 434 g/mol. The van der Waals surface area contributed by atoms with Gasteiger partial charge in [0, 0.05) is 11.6 Å². The van der Waals surface area contributed by atoms with Gasteiger partial charge in [0.1, 0.15) is 5.60 Å². The summed E-state index contributed by atoms with van der Waals surface area (Å²) in [5, 5.41) is 27.1. The number of hydrogen-bond acceptors (Lipinski definition) is 5. The van der Waals surface area contributed by atoms with Gasteiger partial charge in [-0.25, -0.2) is 9.67 Å². The van der Waals surface area contributed by atoms with Crippen LogP contribution in [0.15, 0.2) is 36.2 Å². The first-order valence-corrected chi connectivity index (χ1v) is 12.5. The Morgan fingerprint density at radius 2 is 2.09 bits per heavy atom. The van der Waals surface area contributed by atoms with Crippen LogP contribution in [0.25, 0.3) is 11.9 Å². The molecule has 7 heteroatoms. The summed E-state index contributed by atoms with van der Waals surface area (Å²) in [5.74, 6) is 1.39. The number of rotatable bonds is 2. The van der Waals surface area contributed by atoms with E-state index in [9.17, 15) is 15.0 Å². The maximum absolute atomic E-state index is 12.4. The van der Waals surface area contributed by atoms with Gasteiger partial charge in [0.05, 0.1) is 18.0 Å². The van der Waals surface area contributed by atoms with Crippen molar-refractivity contribution in [2.24, 2.45) is 28.6 Å². The van der Waals surface area contributed by atoms with Crippen LogP contribution in [0.5, 0.6) is 0 Å². The minimum absolute atomic E-state index is 0.0966. The first-order valence-electron chi connectivity index (χ1n) is 12.0. The summed E-state index contributed by atoms with van der Waals surface area (Å²) in [6, 6.07) is 5.83. The first-order chi connectivity index (χ1) is 15.7. The summed E-state index contributed by atoms with van der Waals surface area (Å²) in [6.07, 6.45) is 9.86. The quantitative estimate of drug-likeness (QED) is 0.590. The van der Waals surface area contributed by atoms with Crippen LogP contribution in [0.4, 0.5) is 0 Å². The second-order valence-corrected chi connectivity index (χ2v) is 11.6. The number of fused-ring (bicyclic) bond motifs is 6. The van der Waals surface area contributed by atoms with Crippen molar-refractivity contribution in [3.63, 3.8) is 0 Å². The number of carbonyl (C=O) groups is 1. The number of hydrogen-bond donors (Lipinski definition) is 3. The fourth-order valence-electron chi connectivity index (χ4n) is 8.20. The Balaban J connectivity index is 1.39. The lowest BCUT2D eigenvalue weighted by atomic mass is 9.45. The van der Waals surface area contributed by atoms with Gasteiger partial charge in [0.2, 0.25) is 5.12 Å². The zero-order chi connectivity index (χ0) is 23.2. The minimum atomic E-state index is -1.45. The van der Waals surface area contributed by atoms with Crippen LogP contribution in [0.2, 0.25) is 0 Å². The third-order valence-electron chi connectivity index (χ3n) is 9.80. The van der Waals surface area contributed by atoms with Crippen molar-refractivity contribution in [3.05, 3.63) is 47.4 Å². The lowest BCUT2D eigenvalue weighted by Gasteiger charge is -2.60. The molecule has 0 bridgehead atoms. The SMILES string of the molecule is C[C@]12Cc3cnn(-c4ccccn4)c3C=C1CC[C@@H]1[C@@H]2[C@@H](O)C[C@@]2(C)[C@H]1CC[C@]2(O)C(=O)S. The Labute approximate surface area is 199 Å². The number of pyridine rings is 1. The summed E-state index contributed by atoms with van der Waals surface area (Å²) in [7, 11) is 0. The maximum atomic E-state index is 12.4. The largest absolute Gasteiger partial charge is 0.393 e. The average molecular weight is 466 g/mol. The van der Waals surface area contributed by atoms with E-state index in [2.05, 4.69) is 35.7 Å². The number of aliphatic hydroxyl groups is 2. The molecule has 174 valence electrons. The van der Waals surface area contributed by atoms with E-state index >= 15 is 0 Å². The summed E-state index contributed by atoms with van der Waals surface area (Å²) in [4.78, 5) is 16.8. The van der Waals surface area contributed by atoms with Crippen LogP contribution in [0.3, 0.4) is 0 Å². The summed E-state index contributed by atoms with van der Waals surface area (Å²) >= 11 is 4.06. The lowest BCUT2D eigenvalue weighted by Crippen LogP contribution is -2.61. The van der Waals surface area contributed by atoms with E-state index in [4.69, 9.17) is 0 Å². The van der Waals surface area contributed by atoms with Gasteiger partial charge in [-0.1, -0.05) is 25.5 Å². The van der Waals surface area contributed by atoms with Crippen LogP contribution in [0, 0.1) is 28.6 Å². The molecule has 33 heavy (non-hydrogen) atoms. The van der Waals surface area contributed by atoms with Crippen molar-refractivity contribution in [1.82, 2.24) is 14.8 Å². The van der Waals surface area contributed by atoms with Gasteiger partial charge < -0.3 is 10.2 Å². The zero-order valence-electron chi connectivity index (χ0n) is 19.1. The highest BCUT2D eigenvalue weighted by atomic mass is 32.1. The number of nitrogens with zero attached hydrogens (tertiary/aromatic N) is 3. The molecule has 0 aromatic carbocycles. The van der Waals surface area contributed by atoms with Crippen molar-refractivity contribution in [2.75, 3.05) is 0 Å². The van der Waals surface area contributed by atoms with Gasteiger partial charge in [0.15, 0.2) is 5.82 Å². The normalized spacial score (nSPS) is 41.4. The smallest absolute Gasteiger partial charge is 0.218 e. The third kappa shape index (κ3) is 2.73. The monoisotopic (exact) mass is 465 g/mol. The van der Waals surface area contributed by atoms with Crippen molar-refractivity contribution < 1.29 is 15.0 Å². The van der Waals surface area contributed by atoms with E-state index in [-0.39, 0.29) is 23.2 Å². The van der Waals surface area contributed by atoms with E-state index < -0.39 is 22.2 Å². The third-order valence-corrected chi connectivity index (χ3v) is 10.2. The number of thiol groups is 1. The van der Waals surface area contributed by atoms with Crippen molar-refractivity contribution in [2.45, 2.75) is 64.1 Å². The fraction of sp³-hybridized carbons (Fsp3) is 0.577. The Morgan fingerprint density at radius 3 is 2.82 bits per heavy atom. The highest BCUT2D eigenvalue weighted by Gasteiger charge is 2.68. The Hall–Kier alpha value is -1.96. The molecule has 0 radical (unpaired) electrons. The van der Waals surface area contributed by atoms with Crippen molar-refractivity contribution in [3.8, 4) is 5.82 Å². The number of aliphatic hydroxyl groups excluding tert-OH is 1. The van der Waals surface area contributed by atoms with Gasteiger partial charge in [-0.05, 0) is 85.5 Å². The van der Waals surface area contributed by atoms with Gasteiger partial charge in [-0.15, -0.1) is 12.6 Å². The van der Waals surface area contributed by atoms with Crippen LogP contribution in [-0.2, 0) is 11.2 Å². The predicted molar refractivity (Wildman–Crippen MR) is 128 cm³/mol. The van der Waals surface area contributed by atoms with Crippen LogP contribution in [-0.4, -0.2) is 41.8 Å². The number of allylic oxidation sites excluding steroid dienone is 1. The molecule has 3 saturated carbocycles. The first kappa shape index (κ1) is 21.6. The Morgan fingerprint density at radius 1 is 1.27 bits per heavy atom. The van der Waals surface area contributed by atoms with Gasteiger partial charge >= 0.3 is 0 Å². The molecule has 2 N–H and O–H groups in total. The Kier molecular flexibility index (Phi) is 4.59. The van der Waals surface area contributed by atoms with Gasteiger partial charge in [-0.2, -0.15) is 5.10 Å². The average Bonchev–Trinajstić information content (AvgIpc) is 3.30. The maximum Gasteiger partial charge on any atom is 0.218 e. The fourth-order valence-corrected chi connectivity index (χ4v) is 8.57. The summed E-state index contributed by atoms with van der Waals surface area (Å²) in [6.45, 7) is 4.30. The van der Waals surface area contributed by atoms with Gasteiger partial charge in [0.25, 0.3) is 0 Å². The molecule has 0 spiro atoms. The standard InChI is InChI=1S/C26H31N3O3S/c1-24-12-15-14-28-29(21-5-3-4-10-27-21)19(15)11-16(24)6-7-17-18-8-9-26(32,23(31)33)25(18,2)13-20(30)22(17)24/h3-5,10-11,14,17-18,20,22,30,32H,6-9,12-13H2,1-2H3,(H,31,33)/t17-,18-,20-,22+,24-,25-,26-/m0/s1. The molecule has 3 fully saturated rings.